The lowest BCUT2D eigenvalue weighted by atomic mass is 10.3. The van der Waals surface area contributed by atoms with Crippen molar-refractivity contribution < 1.29 is 4.74 Å². The highest BCUT2D eigenvalue weighted by molar-refractivity contribution is 5.79. The second-order valence-electron chi connectivity index (χ2n) is 6.42. The van der Waals surface area contributed by atoms with Crippen molar-refractivity contribution >= 4 is 17.0 Å². The second kappa shape index (κ2) is 5.85. The van der Waals surface area contributed by atoms with Crippen LogP contribution in [0.4, 0.5) is 0 Å². The first-order valence-electron chi connectivity index (χ1n) is 8.34. The standard InChI is InChI=1S/C17H23N5O/c1-12-11-21(8-9-23-12)17(18)19-10-16-20-14-4-2-3-5-15(14)22(16)13-6-7-13/h2-5,12-13H,6-11H2,1H3,(H2,18,19). The van der Waals surface area contributed by atoms with Crippen LogP contribution in [0.2, 0.25) is 0 Å². The number of imidazole rings is 1. The van der Waals surface area contributed by atoms with E-state index < -0.39 is 0 Å². The van der Waals surface area contributed by atoms with Crippen molar-refractivity contribution in [3.05, 3.63) is 30.1 Å². The first-order chi connectivity index (χ1) is 11.2. The molecule has 2 aliphatic rings. The molecule has 1 aliphatic heterocycles. The average molecular weight is 313 g/mol. The Morgan fingerprint density at radius 3 is 3.00 bits per heavy atom. The maximum Gasteiger partial charge on any atom is 0.191 e. The number of guanidine groups is 1. The lowest BCUT2D eigenvalue weighted by Gasteiger charge is -2.31. The molecule has 0 radical (unpaired) electrons. The smallest absolute Gasteiger partial charge is 0.191 e. The van der Waals surface area contributed by atoms with Gasteiger partial charge in [0.15, 0.2) is 5.96 Å². The molecule has 1 aromatic heterocycles. The van der Waals surface area contributed by atoms with Crippen LogP contribution in [0, 0.1) is 0 Å². The van der Waals surface area contributed by atoms with Gasteiger partial charge in [-0.05, 0) is 31.9 Å². The normalized spacial score (nSPS) is 22.7. The fourth-order valence-corrected chi connectivity index (χ4v) is 3.22. The number of morpholine rings is 1. The summed E-state index contributed by atoms with van der Waals surface area (Å²) in [5.41, 5.74) is 8.43. The van der Waals surface area contributed by atoms with Crippen LogP contribution in [0.5, 0.6) is 0 Å². The molecule has 0 spiro atoms. The monoisotopic (exact) mass is 313 g/mol. The fourth-order valence-electron chi connectivity index (χ4n) is 3.22. The SMILES string of the molecule is CC1CN(C(N)=NCc2nc3ccccc3n2C2CC2)CCO1. The van der Waals surface area contributed by atoms with E-state index in [1.807, 2.05) is 6.07 Å². The van der Waals surface area contributed by atoms with Gasteiger partial charge in [-0.25, -0.2) is 9.98 Å². The van der Waals surface area contributed by atoms with E-state index in [0.29, 0.717) is 25.2 Å². The quantitative estimate of drug-likeness (QED) is 0.694. The van der Waals surface area contributed by atoms with E-state index in [4.69, 9.17) is 15.5 Å². The zero-order valence-electron chi connectivity index (χ0n) is 13.5. The van der Waals surface area contributed by atoms with Crippen LogP contribution >= 0.6 is 0 Å². The Morgan fingerprint density at radius 2 is 2.22 bits per heavy atom. The molecule has 1 aliphatic carbocycles. The number of nitrogens with two attached hydrogens (primary N) is 1. The summed E-state index contributed by atoms with van der Waals surface area (Å²) < 4.78 is 7.89. The minimum Gasteiger partial charge on any atom is -0.375 e. The van der Waals surface area contributed by atoms with Gasteiger partial charge in [0.05, 0.1) is 23.7 Å². The minimum atomic E-state index is 0.202. The maximum absolute atomic E-state index is 6.18. The average Bonchev–Trinajstić information content (AvgIpc) is 3.33. The third-order valence-corrected chi connectivity index (χ3v) is 4.53. The number of ether oxygens (including phenoxy) is 1. The van der Waals surface area contributed by atoms with Crippen molar-refractivity contribution in [2.24, 2.45) is 10.7 Å². The summed E-state index contributed by atoms with van der Waals surface area (Å²) in [5, 5.41) is 0. The summed E-state index contributed by atoms with van der Waals surface area (Å²) in [6.07, 6.45) is 2.66. The molecule has 1 saturated carbocycles. The molecule has 6 heteroatoms. The van der Waals surface area contributed by atoms with Crippen molar-refractivity contribution in [1.29, 1.82) is 0 Å². The first kappa shape index (κ1) is 14.5. The fraction of sp³-hybridized carbons (Fsp3) is 0.529. The molecule has 4 rings (SSSR count). The Bertz CT molecular complexity index is 734. The summed E-state index contributed by atoms with van der Waals surface area (Å²) in [6, 6.07) is 8.88. The third-order valence-electron chi connectivity index (χ3n) is 4.53. The molecule has 1 atom stereocenters. The molecular formula is C17H23N5O. The number of fused-ring (bicyclic) bond motifs is 1. The van der Waals surface area contributed by atoms with E-state index >= 15 is 0 Å². The van der Waals surface area contributed by atoms with Crippen molar-refractivity contribution in [3.63, 3.8) is 0 Å². The van der Waals surface area contributed by atoms with E-state index in [0.717, 1.165) is 24.4 Å². The van der Waals surface area contributed by atoms with Crippen molar-refractivity contribution in [3.8, 4) is 0 Å². The Hall–Kier alpha value is -2.08. The van der Waals surface area contributed by atoms with Crippen LogP contribution < -0.4 is 5.73 Å². The number of benzene rings is 1. The van der Waals surface area contributed by atoms with Crippen LogP contribution in [0.25, 0.3) is 11.0 Å². The molecule has 2 aromatic rings. The van der Waals surface area contributed by atoms with E-state index in [1.165, 1.54) is 18.4 Å². The Labute approximate surface area is 135 Å². The molecule has 0 bridgehead atoms. The van der Waals surface area contributed by atoms with Gasteiger partial charge in [0.2, 0.25) is 0 Å². The van der Waals surface area contributed by atoms with Crippen LogP contribution in [-0.4, -0.2) is 46.2 Å². The molecule has 0 amide bonds. The summed E-state index contributed by atoms with van der Waals surface area (Å²) in [5.74, 6) is 1.60. The summed E-state index contributed by atoms with van der Waals surface area (Å²) in [4.78, 5) is 11.5. The number of rotatable bonds is 3. The van der Waals surface area contributed by atoms with Crippen LogP contribution in [0.3, 0.4) is 0 Å². The number of aromatic nitrogens is 2. The highest BCUT2D eigenvalue weighted by Gasteiger charge is 2.28. The van der Waals surface area contributed by atoms with Crippen molar-refractivity contribution in [2.45, 2.75) is 38.5 Å². The van der Waals surface area contributed by atoms with Gasteiger partial charge in [0.1, 0.15) is 12.4 Å². The minimum absolute atomic E-state index is 0.202. The summed E-state index contributed by atoms with van der Waals surface area (Å²) in [7, 11) is 0. The van der Waals surface area contributed by atoms with Crippen LogP contribution in [0.1, 0.15) is 31.6 Å². The first-order valence-corrected chi connectivity index (χ1v) is 8.34. The molecule has 2 N–H and O–H groups in total. The van der Waals surface area contributed by atoms with Gasteiger partial charge in [-0.15, -0.1) is 0 Å². The van der Waals surface area contributed by atoms with E-state index in [2.05, 4.69) is 39.6 Å². The lowest BCUT2D eigenvalue weighted by Crippen LogP contribution is -2.47. The predicted molar refractivity (Wildman–Crippen MR) is 90.3 cm³/mol. The third kappa shape index (κ3) is 2.91. The van der Waals surface area contributed by atoms with Crippen LogP contribution in [0.15, 0.2) is 29.3 Å². The summed E-state index contributed by atoms with van der Waals surface area (Å²) >= 11 is 0. The van der Waals surface area contributed by atoms with Gasteiger partial charge < -0.3 is 19.9 Å². The maximum atomic E-state index is 6.18. The number of aliphatic imine (C=N–C) groups is 1. The van der Waals surface area contributed by atoms with Gasteiger partial charge in [-0.3, -0.25) is 0 Å². The number of hydrogen-bond acceptors (Lipinski definition) is 3. The van der Waals surface area contributed by atoms with Gasteiger partial charge >= 0.3 is 0 Å². The Morgan fingerprint density at radius 1 is 1.39 bits per heavy atom. The van der Waals surface area contributed by atoms with E-state index in [1.54, 1.807) is 0 Å². The molecule has 1 unspecified atom stereocenters. The summed E-state index contributed by atoms with van der Waals surface area (Å²) in [6.45, 7) is 4.90. The highest BCUT2D eigenvalue weighted by atomic mass is 16.5. The van der Waals surface area contributed by atoms with Gasteiger partial charge in [-0.2, -0.15) is 0 Å². The van der Waals surface area contributed by atoms with Crippen molar-refractivity contribution in [2.75, 3.05) is 19.7 Å². The lowest BCUT2D eigenvalue weighted by molar-refractivity contribution is 0.00528. The zero-order chi connectivity index (χ0) is 15.8. The zero-order valence-corrected chi connectivity index (χ0v) is 13.5. The molecular weight excluding hydrogens is 290 g/mol. The molecule has 6 nitrogen and oxygen atoms in total. The van der Waals surface area contributed by atoms with Crippen LogP contribution in [-0.2, 0) is 11.3 Å². The number of nitrogens with zero attached hydrogens (tertiary/aromatic N) is 4. The molecule has 23 heavy (non-hydrogen) atoms. The molecule has 1 saturated heterocycles. The van der Waals surface area contributed by atoms with E-state index in [-0.39, 0.29) is 6.10 Å². The number of hydrogen-bond donors (Lipinski definition) is 1. The molecule has 2 heterocycles. The molecule has 1 aromatic carbocycles. The van der Waals surface area contributed by atoms with Gasteiger partial charge in [-0.1, -0.05) is 12.1 Å². The van der Waals surface area contributed by atoms with Crippen molar-refractivity contribution in [1.82, 2.24) is 14.5 Å². The highest BCUT2D eigenvalue weighted by Crippen LogP contribution is 2.38. The predicted octanol–water partition coefficient (Wildman–Crippen LogP) is 1.91. The number of para-hydroxylation sites is 2. The molecule has 2 fully saturated rings. The van der Waals surface area contributed by atoms with Gasteiger partial charge in [0, 0.05) is 19.1 Å². The largest absolute Gasteiger partial charge is 0.375 e. The topological polar surface area (TPSA) is 68.7 Å². The Balaban J connectivity index is 1.57. The second-order valence-corrected chi connectivity index (χ2v) is 6.42. The Kier molecular flexibility index (Phi) is 3.69. The molecule has 122 valence electrons. The van der Waals surface area contributed by atoms with Gasteiger partial charge in [0.25, 0.3) is 0 Å². The van der Waals surface area contributed by atoms with E-state index in [9.17, 15) is 0 Å².